The summed E-state index contributed by atoms with van der Waals surface area (Å²) in [4.78, 5) is 17.5. The van der Waals surface area contributed by atoms with Crippen molar-refractivity contribution in [2.24, 2.45) is 5.10 Å². The van der Waals surface area contributed by atoms with Crippen molar-refractivity contribution < 1.29 is 4.42 Å². The third-order valence-electron chi connectivity index (χ3n) is 3.69. The molecule has 0 bridgehead atoms. The maximum atomic E-state index is 12.8. The molecule has 6 heteroatoms. The molecule has 24 heavy (non-hydrogen) atoms. The van der Waals surface area contributed by atoms with Crippen molar-refractivity contribution in [2.45, 2.75) is 33.1 Å². The van der Waals surface area contributed by atoms with Crippen molar-refractivity contribution in [3.63, 3.8) is 0 Å². The number of benzene rings is 1. The number of aryl methyl sites for hydroxylation is 2. The molecule has 0 N–H and O–H groups in total. The van der Waals surface area contributed by atoms with Gasteiger partial charge in [0, 0.05) is 10.9 Å². The number of halogens is 1. The highest BCUT2D eigenvalue weighted by Gasteiger charge is 2.11. The molecule has 0 saturated carbocycles. The molecule has 0 radical (unpaired) electrons. The van der Waals surface area contributed by atoms with Gasteiger partial charge in [-0.25, -0.2) is 4.98 Å². The number of fused-ring (bicyclic) bond motifs is 1. The van der Waals surface area contributed by atoms with E-state index in [1.165, 1.54) is 4.68 Å². The molecular weight excluding hydrogens is 370 g/mol. The predicted octanol–water partition coefficient (Wildman–Crippen LogP) is 4.29. The van der Waals surface area contributed by atoms with Crippen LogP contribution in [0.4, 0.5) is 0 Å². The van der Waals surface area contributed by atoms with Crippen LogP contribution in [-0.2, 0) is 6.42 Å². The van der Waals surface area contributed by atoms with Crippen molar-refractivity contribution in [3.8, 4) is 0 Å². The molecule has 3 rings (SSSR count). The van der Waals surface area contributed by atoms with Crippen molar-refractivity contribution in [1.82, 2.24) is 9.66 Å². The second-order valence-corrected chi connectivity index (χ2v) is 6.52. The van der Waals surface area contributed by atoms with Gasteiger partial charge in [-0.05, 0) is 43.7 Å². The summed E-state index contributed by atoms with van der Waals surface area (Å²) >= 11 is 3.40. The minimum absolute atomic E-state index is 0.174. The van der Waals surface area contributed by atoms with E-state index in [9.17, 15) is 4.79 Å². The van der Waals surface area contributed by atoms with E-state index in [-0.39, 0.29) is 5.56 Å². The molecule has 1 aromatic carbocycles. The van der Waals surface area contributed by atoms with E-state index in [0.29, 0.717) is 28.9 Å². The highest BCUT2D eigenvalue weighted by molar-refractivity contribution is 9.10. The Balaban J connectivity index is 2.13. The zero-order chi connectivity index (χ0) is 17.1. The average Bonchev–Trinajstić information content (AvgIpc) is 2.98. The van der Waals surface area contributed by atoms with Crippen LogP contribution in [0, 0.1) is 6.92 Å². The summed E-state index contributed by atoms with van der Waals surface area (Å²) < 4.78 is 7.70. The smallest absolute Gasteiger partial charge is 0.282 e. The first-order valence-corrected chi connectivity index (χ1v) is 8.70. The van der Waals surface area contributed by atoms with Gasteiger partial charge in [0.05, 0.1) is 17.1 Å². The number of nitrogens with zero attached hydrogens (tertiary/aromatic N) is 3. The standard InChI is InChI=1S/C18H18BrN3O2/c1-3-4-5-17-21-16-9-7-13(19)10-15(16)18(23)22(17)20-11-14-8-6-12(2)24-14/h6-11H,3-5H2,1-2H3. The molecule has 0 saturated heterocycles. The molecule has 2 aromatic heterocycles. The number of hydrogen-bond donors (Lipinski definition) is 0. The van der Waals surface area contributed by atoms with Gasteiger partial charge in [0.25, 0.3) is 5.56 Å². The minimum Gasteiger partial charge on any atom is -0.460 e. The van der Waals surface area contributed by atoms with E-state index in [4.69, 9.17) is 4.42 Å². The molecule has 0 aliphatic carbocycles. The molecule has 0 amide bonds. The van der Waals surface area contributed by atoms with Gasteiger partial charge in [-0.1, -0.05) is 29.3 Å². The van der Waals surface area contributed by atoms with E-state index in [1.54, 1.807) is 12.3 Å². The molecule has 0 spiro atoms. The quantitative estimate of drug-likeness (QED) is 0.613. The lowest BCUT2D eigenvalue weighted by molar-refractivity contribution is 0.527. The lowest BCUT2D eigenvalue weighted by atomic mass is 10.2. The van der Waals surface area contributed by atoms with Gasteiger partial charge in [0.2, 0.25) is 0 Å². The molecule has 0 aliphatic heterocycles. The number of rotatable bonds is 5. The van der Waals surface area contributed by atoms with Gasteiger partial charge in [-0.2, -0.15) is 9.78 Å². The van der Waals surface area contributed by atoms with E-state index >= 15 is 0 Å². The fraction of sp³-hybridized carbons (Fsp3) is 0.278. The molecular formula is C18H18BrN3O2. The molecule has 2 heterocycles. The Morgan fingerprint density at radius 1 is 1.33 bits per heavy atom. The van der Waals surface area contributed by atoms with Crippen LogP contribution in [0.15, 0.2) is 49.1 Å². The van der Waals surface area contributed by atoms with E-state index in [2.05, 4.69) is 32.9 Å². The van der Waals surface area contributed by atoms with E-state index in [0.717, 1.165) is 23.1 Å². The van der Waals surface area contributed by atoms with Gasteiger partial charge in [-0.3, -0.25) is 4.79 Å². The summed E-state index contributed by atoms with van der Waals surface area (Å²) in [5, 5.41) is 4.87. The third-order valence-corrected chi connectivity index (χ3v) is 4.18. The van der Waals surface area contributed by atoms with E-state index in [1.807, 2.05) is 31.2 Å². The first kappa shape index (κ1) is 16.6. The Bertz CT molecular complexity index is 957. The van der Waals surface area contributed by atoms with Crippen LogP contribution in [0.25, 0.3) is 10.9 Å². The lowest BCUT2D eigenvalue weighted by Gasteiger charge is -2.08. The summed E-state index contributed by atoms with van der Waals surface area (Å²) in [6.45, 7) is 3.97. The van der Waals surface area contributed by atoms with Crippen LogP contribution >= 0.6 is 15.9 Å². The van der Waals surface area contributed by atoms with Crippen molar-refractivity contribution >= 4 is 33.0 Å². The van der Waals surface area contributed by atoms with Gasteiger partial charge in [0.15, 0.2) is 0 Å². The SMILES string of the molecule is CCCCc1nc2ccc(Br)cc2c(=O)n1N=Cc1ccc(C)o1. The maximum Gasteiger partial charge on any atom is 0.282 e. The fourth-order valence-electron chi connectivity index (χ4n) is 2.45. The number of aromatic nitrogens is 2. The molecule has 0 unspecified atom stereocenters. The van der Waals surface area contributed by atoms with Crippen LogP contribution in [0.1, 0.15) is 37.1 Å². The van der Waals surface area contributed by atoms with Crippen molar-refractivity contribution in [1.29, 1.82) is 0 Å². The highest BCUT2D eigenvalue weighted by Crippen LogP contribution is 2.16. The van der Waals surface area contributed by atoms with Crippen LogP contribution in [0.3, 0.4) is 0 Å². The second-order valence-electron chi connectivity index (χ2n) is 5.60. The fourth-order valence-corrected chi connectivity index (χ4v) is 2.81. The Morgan fingerprint density at radius 2 is 2.17 bits per heavy atom. The molecule has 5 nitrogen and oxygen atoms in total. The van der Waals surface area contributed by atoms with Crippen LogP contribution in [0.5, 0.6) is 0 Å². The molecule has 0 aliphatic rings. The second kappa shape index (κ2) is 7.13. The summed E-state index contributed by atoms with van der Waals surface area (Å²) in [6, 6.07) is 9.19. The summed E-state index contributed by atoms with van der Waals surface area (Å²) in [5.74, 6) is 2.07. The number of hydrogen-bond acceptors (Lipinski definition) is 4. The normalized spacial score (nSPS) is 11.6. The van der Waals surface area contributed by atoms with Crippen molar-refractivity contribution in [2.75, 3.05) is 0 Å². The number of unbranched alkanes of at least 4 members (excludes halogenated alkanes) is 1. The Labute approximate surface area is 148 Å². The first-order chi connectivity index (χ1) is 11.6. The largest absolute Gasteiger partial charge is 0.460 e. The Kier molecular flexibility index (Phi) is 4.94. The van der Waals surface area contributed by atoms with Crippen LogP contribution < -0.4 is 5.56 Å². The first-order valence-electron chi connectivity index (χ1n) is 7.90. The van der Waals surface area contributed by atoms with E-state index < -0.39 is 0 Å². The lowest BCUT2D eigenvalue weighted by Crippen LogP contribution is -2.22. The minimum atomic E-state index is -0.174. The maximum absolute atomic E-state index is 12.8. The van der Waals surface area contributed by atoms with Gasteiger partial charge >= 0.3 is 0 Å². The van der Waals surface area contributed by atoms with Gasteiger partial charge in [0.1, 0.15) is 17.3 Å². The average molecular weight is 388 g/mol. The monoisotopic (exact) mass is 387 g/mol. The molecule has 3 aromatic rings. The Morgan fingerprint density at radius 3 is 2.88 bits per heavy atom. The third kappa shape index (κ3) is 3.48. The van der Waals surface area contributed by atoms with Gasteiger partial charge < -0.3 is 4.42 Å². The van der Waals surface area contributed by atoms with Crippen molar-refractivity contribution in [3.05, 3.63) is 62.5 Å². The zero-order valence-electron chi connectivity index (χ0n) is 13.6. The Hall–Kier alpha value is -2.21. The van der Waals surface area contributed by atoms with Gasteiger partial charge in [-0.15, -0.1) is 0 Å². The predicted molar refractivity (Wildman–Crippen MR) is 98.8 cm³/mol. The number of furan rings is 1. The summed E-state index contributed by atoms with van der Waals surface area (Å²) in [5.41, 5.74) is 0.515. The van der Waals surface area contributed by atoms with Crippen LogP contribution in [0.2, 0.25) is 0 Å². The molecule has 124 valence electrons. The van der Waals surface area contributed by atoms with Crippen LogP contribution in [-0.4, -0.2) is 15.9 Å². The zero-order valence-corrected chi connectivity index (χ0v) is 15.2. The summed E-state index contributed by atoms with van der Waals surface area (Å²) in [7, 11) is 0. The highest BCUT2D eigenvalue weighted by atomic mass is 79.9. The topological polar surface area (TPSA) is 60.4 Å². The molecule has 0 fully saturated rings. The molecule has 0 atom stereocenters. The summed E-state index contributed by atoms with van der Waals surface area (Å²) in [6.07, 6.45) is 4.22.